The van der Waals surface area contributed by atoms with Crippen LogP contribution >= 0.6 is 11.6 Å². The molecule has 0 spiro atoms. The Bertz CT molecular complexity index is 767. The van der Waals surface area contributed by atoms with Crippen LogP contribution in [0.4, 0.5) is 5.69 Å². The van der Waals surface area contributed by atoms with Crippen molar-refractivity contribution in [1.29, 1.82) is 0 Å². The van der Waals surface area contributed by atoms with Gasteiger partial charge < -0.3 is 15.0 Å². The number of hydrogen-bond acceptors (Lipinski definition) is 3. The molecule has 0 atom stereocenters. The molecular formula is C15H14ClN3O. The zero-order valence-corrected chi connectivity index (χ0v) is 11.8. The molecule has 3 rings (SSSR count). The molecule has 4 nitrogen and oxygen atoms in total. The molecule has 1 heterocycles. The van der Waals surface area contributed by atoms with Gasteiger partial charge >= 0.3 is 0 Å². The van der Waals surface area contributed by atoms with Crippen LogP contribution in [0.5, 0.6) is 5.75 Å². The molecule has 0 unspecified atom stereocenters. The first-order chi connectivity index (χ1) is 9.66. The molecule has 0 saturated heterocycles. The first-order valence-corrected chi connectivity index (χ1v) is 6.61. The minimum absolute atomic E-state index is 0.343. The highest BCUT2D eigenvalue weighted by molar-refractivity contribution is 6.35. The first kappa shape index (κ1) is 12.8. The Morgan fingerprint density at radius 3 is 2.75 bits per heavy atom. The standard InChI is InChI=1S/C15H14ClN3O/c1-19-14(9-20-13-8-3-2-6-11(13)17)18-12-7-4-5-10(16)15(12)19/h2-8H,9,17H2,1H3. The van der Waals surface area contributed by atoms with Gasteiger partial charge in [0.15, 0.2) is 0 Å². The summed E-state index contributed by atoms with van der Waals surface area (Å²) in [5.74, 6) is 1.46. The van der Waals surface area contributed by atoms with Crippen LogP contribution in [0.25, 0.3) is 11.0 Å². The number of nitrogens with two attached hydrogens (primary N) is 1. The minimum Gasteiger partial charge on any atom is -0.484 e. The summed E-state index contributed by atoms with van der Waals surface area (Å²) >= 11 is 6.20. The molecule has 102 valence electrons. The highest BCUT2D eigenvalue weighted by Gasteiger charge is 2.11. The Hall–Kier alpha value is -2.20. The molecule has 0 aliphatic carbocycles. The third kappa shape index (κ3) is 2.18. The Kier molecular flexibility index (Phi) is 3.24. The summed E-state index contributed by atoms with van der Waals surface area (Å²) in [5.41, 5.74) is 8.24. The van der Waals surface area contributed by atoms with Crippen LogP contribution in [0.1, 0.15) is 5.82 Å². The van der Waals surface area contributed by atoms with E-state index in [9.17, 15) is 0 Å². The maximum Gasteiger partial charge on any atom is 0.147 e. The summed E-state index contributed by atoms with van der Waals surface area (Å²) in [5, 5.41) is 0.683. The number of aromatic nitrogens is 2. The van der Waals surface area contributed by atoms with Gasteiger partial charge in [-0.05, 0) is 24.3 Å². The van der Waals surface area contributed by atoms with Gasteiger partial charge in [0.25, 0.3) is 0 Å². The molecule has 0 radical (unpaired) electrons. The fourth-order valence-corrected chi connectivity index (χ4v) is 2.45. The van der Waals surface area contributed by atoms with Gasteiger partial charge in [0, 0.05) is 7.05 Å². The van der Waals surface area contributed by atoms with E-state index < -0.39 is 0 Å². The molecule has 0 aliphatic heterocycles. The highest BCUT2D eigenvalue weighted by Crippen LogP contribution is 2.25. The van der Waals surface area contributed by atoms with Crippen molar-refractivity contribution in [2.24, 2.45) is 7.05 Å². The molecule has 2 N–H and O–H groups in total. The van der Waals surface area contributed by atoms with Crippen molar-refractivity contribution in [3.8, 4) is 5.75 Å². The van der Waals surface area contributed by atoms with Crippen molar-refractivity contribution in [3.63, 3.8) is 0 Å². The second-order valence-corrected chi connectivity index (χ2v) is 4.93. The number of benzene rings is 2. The molecule has 2 aromatic carbocycles. The number of anilines is 1. The van der Waals surface area contributed by atoms with E-state index in [2.05, 4.69) is 4.98 Å². The minimum atomic E-state index is 0.343. The maximum absolute atomic E-state index is 6.20. The Morgan fingerprint density at radius 2 is 2.00 bits per heavy atom. The second-order valence-electron chi connectivity index (χ2n) is 4.52. The Labute approximate surface area is 121 Å². The average Bonchev–Trinajstić information content (AvgIpc) is 2.76. The lowest BCUT2D eigenvalue weighted by molar-refractivity contribution is 0.294. The summed E-state index contributed by atoms with van der Waals surface area (Å²) in [6, 6.07) is 13.1. The number of fused-ring (bicyclic) bond motifs is 1. The number of ether oxygens (including phenoxy) is 1. The van der Waals surface area contributed by atoms with E-state index in [4.69, 9.17) is 22.1 Å². The quantitative estimate of drug-likeness (QED) is 0.751. The molecule has 20 heavy (non-hydrogen) atoms. The van der Waals surface area contributed by atoms with Crippen molar-refractivity contribution in [2.45, 2.75) is 6.61 Å². The smallest absolute Gasteiger partial charge is 0.147 e. The van der Waals surface area contributed by atoms with Gasteiger partial charge in [-0.3, -0.25) is 0 Å². The molecule has 5 heteroatoms. The topological polar surface area (TPSA) is 53.1 Å². The number of nitrogen functional groups attached to an aromatic ring is 1. The normalized spacial score (nSPS) is 10.9. The zero-order chi connectivity index (χ0) is 14.1. The predicted molar refractivity (Wildman–Crippen MR) is 80.9 cm³/mol. The van der Waals surface area contributed by atoms with Crippen LogP contribution in [0.2, 0.25) is 5.02 Å². The number of rotatable bonds is 3. The van der Waals surface area contributed by atoms with E-state index in [1.165, 1.54) is 0 Å². The molecule has 0 fully saturated rings. The van der Waals surface area contributed by atoms with Crippen LogP contribution in [-0.2, 0) is 13.7 Å². The average molecular weight is 288 g/mol. The van der Waals surface area contributed by atoms with E-state index in [0.717, 1.165) is 16.9 Å². The number of imidazole rings is 1. The summed E-state index contributed by atoms with van der Waals surface area (Å²) in [4.78, 5) is 4.53. The Morgan fingerprint density at radius 1 is 1.20 bits per heavy atom. The molecule has 3 aromatic rings. The predicted octanol–water partition coefficient (Wildman–Crippen LogP) is 3.39. The van der Waals surface area contributed by atoms with Gasteiger partial charge in [-0.2, -0.15) is 0 Å². The largest absolute Gasteiger partial charge is 0.484 e. The van der Waals surface area contributed by atoms with Gasteiger partial charge in [-0.15, -0.1) is 0 Å². The molecule has 0 amide bonds. The monoisotopic (exact) mass is 287 g/mol. The van der Waals surface area contributed by atoms with Crippen molar-refractivity contribution >= 4 is 28.3 Å². The fraction of sp³-hybridized carbons (Fsp3) is 0.133. The van der Waals surface area contributed by atoms with Gasteiger partial charge in [0.2, 0.25) is 0 Å². The second kappa shape index (κ2) is 5.06. The third-order valence-corrected chi connectivity index (χ3v) is 3.52. The number of nitrogens with zero attached hydrogens (tertiary/aromatic N) is 2. The summed E-state index contributed by atoms with van der Waals surface area (Å²) < 4.78 is 7.66. The van der Waals surface area contributed by atoms with Crippen molar-refractivity contribution in [3.05, 3.63) is 53.3 Å². The molecule has 0 saturated carbocycles. The van der Waals surface area contributed by atoms with Crippen LogP contribution in [0, 0.1) is 0 Å². The lowest BCUT2D eigenvalue weighted by atomic mass is 10.3. The maximum atomic E-state index is 6.20. The van der Waals surface area contributed by atoms with E-state index >= 15 is 0 Å². The first-order valence-electron chi connectivity index (χ1n) is 6.24. The SMILES string of the molecule is Cn1c(COc2ccccc2N)nc2cccc(Cl)c21. The number of hydrogen-bond donors (Lipinski definition) is 1. The lowest BCUT2D eigenvalue weighted by Crippen LogP contribution is -2.04. The van der Waals surface area contributed by atoms with Crippen LogP contribution in [0.3, 0.4) is 0 Å². The zero-order valence-electron chi connectivity index (χ0n) is 11.0. The van der Waals surface area contributed by atoms with E-state index in [0.29, 0.717) is 23.1 Å². The van der Waals surface area contributed by atoms with Gasteiger partial charge in [-0.1, -0.05) is 29.8 Å². The molecular weight excluding hydrogens is 274 g/mol. The van der Waals surface area contributed by atoms with Crippen molar-refractivity contribution < 1.29 is 4.74 Å². The number of aryl methyl sites for hydroxylation is 1. The van der Waals surface area contributed by atoms with Gasteiger partial charge in [0.1, 0.15) is 18.2 Å². The molecule has 0 bridgehead atoms. The van der Waals surface area contributed by atoms with E-state index in [1.807, 2.05) is 48.0 Å². The number of halogens is 1. The summed E-state index contributed by atoms with van der Waals surface area (Å²) in [7, 11) is 1.92. The number of para-hydroxylation sites is 3. The highest BCUT2D eigenvalue weighted by atomic mass is 35.5. The van der Waals surface area contributed by atoms with Gasteiger partial charge in [0.05, 0.1) is 21.7 Å². The Balaban J connectivity index is 1.90. The third-order valence-electron chi connectivity index (χ3n) is 3.21. The molecule has 0 aliphatic rings. The van der Waals surface area contributed by atoms with Crippen LogP contribution in [-0.4, -0.2) is 9.55 Å². The van der Waals surface area contributed by atoms with Crippen molar-refractivity contribution in [2.75, 3.05) is 5.73 Å². The fourth-order valence-electron chi connectivity index (χ4n) is 2.15. The van der Waals surface area contributed by atoms with E-state index in [-0.39, 0.29) is 0 Å². The van der Waals surface area contributed by atoms with Crippen LogP contribution < -0.4 is 10.5 Å². The van der Waals surface area contributed by atoms with E-state index in [1.54, 1.807) is 6.07 Å². The summed E-state index contributed by atoms with van der Waals surface area (Å²) in [6.45, 7) is 0.343. The van der Waals surface area contributed by atoms with Crippen molar-refractivity contribution in [1.82, 2.24) is 9.55 Å². The van der Waals surface area contributed by atoms with Gasteiger partial charge in [-0.25, -0.2) is 4.98 Å². The lowest BCUT2D eigenvalue weighted by Gasteiger charge is -2.08. The van der Waals surface area contributed by atoms with Crippen LogP contribution in [0.15, 0.2) is 42.5 Å². The molecule has 1 aromatic heterocycles. The summed E-state index contributed by atoms with van der Waals surface area (Å²) in [6.07, 6.45) is 0.